The van der Waals surface area contributed by atoms with E-state index in [1.165, 1.54) is 0 Å². The van der Waals surface area contributed by atoms with Gasteiger partial charge in [0.05, 0.1) is 12.5 Å². The molecule has 1 heterocycles. The number of para-hydroxylation sites is 2. The van der Waals surface area contributed by atoms with E-state index >= 15 is 0 Å². The van der Waals surface area contributed by atoms with Gasteiger partial charge in [-0.25, -0.2) is 0 Å². The minimum atomic E-state index is -0.0877. The molecule has 2 aromatic rings. The molecule has 0 aromatic heterocycles. The Labute approximate surface area is 167 Å². The Bertz CT molecular complexity index is 807. The fourth-order valence-electron chi connectivity index (χ4n) is 3.80. The van der Waals surface area contributed by atoms with Crippen molar-refractivity contribution < 1.29 is 9.59 Å². The van der Waals surface area contributed by atoms with Crippen molar-refractivity contribution in [2.24, 2.45) is 5.92 Å². The van der Waals surface area contributed by atoms with Crippen molar-refractivity contribution in [3.05, 3.63) is 60.2 Å². The summed E-state index contributed by atoms with van der Waals surface area (Å²) in [5.41, 5.74) is 2.87. The van der Waals surface area contributed by atoms with Crippen molar-refractivity contribution in [2.75, 3.05) is 36.4 Å². The maximum atomic E-state index is 12.9. The second kappa shape index (κ2) is 9.51. The highest BCUT2D eigenvalue weighted by Gasteiger charge is 2.28. The molecule has 0 bridgehead atoms. The first-order valence-corrected chi connectivity index (χ1v) is 10.0. The minimum absolute atomic E-state index is 0.0367. The number of amides is 2. The van der Waals surface area contributed by atoms with Crippen LogP contribution in [-0.2, 0) is 9.59 Å². The first-order valence-electron chi connectivity index (χ1n) is 10.0. The standard InChI is InChI=1S/C23H29N3O2/c1-3-26(21-14-8-7-10-18(21)2)22(27)17-25-15-9-11-19(16-25)23(28)24-20-12-5-4-6-13-20/h4-8,10,12-14,19H,3,9,11,15-17H2,1-2H3,(H,24,28). The van der Waals surface area contributed by atoms with Crippen LogP contribution in [0.4, 0.5) is 11.4 Å². The van der Waals surface area contributed by atoms with Crippen LogP contribution in [0, 0.1) is 12.8 Å². The van der Waals surface area contributed by atoms with E-state index < -0.39 is 0 Å². The van der Waals surface area contributed by atoms with Crippen molar-refractivity contribution in [3.63, 3.8) is 0 Å². The van der Waals surface area contributed by atoms with Gasteiger partial charge in [0.2, 0.25) is 11.8 Å². The first-order chi connectivity index (χ1) is 13.6. The molecular formula is C23H29N3O2. The maximum Gasteiger partial charge on any atom is 0.241 e. The maximum absolute atomic E-state index is 12.9. The van der Waals surface area contributed by atoms with Gasteiger partial charge in [-0.05, 0) is 57.0 Å². The second-order valence-corrected chi connectivity index (χ2v) is 7.35. The van der Waals surface area contributed by atoms with Crippen molar-refractivity contribution in [1.82, 2.24) is 4.90 Å². The van der Waals surface area contributed by atoms with Crippen LogP contribution in [-0.4, -0.2) is 42.9 Å². The predicted octanol–water partition coefficient (Wildman–Crippen LogP) is 3.70. The van der Waals surface area contributed by atoms with Gasteiger partial charge in [0, 0.05) is 24.5 Å². The molecule has 1 unspecified atom stereocenters. The molecule has 1 saturated heterocycles. The summed E-state index contributed by atoms with van der Waals surface area (Å²) in [4.78, 5) is 29.5. The van der Waals surface area contributed by atoms with Crippen molar-refractivity contribution >= 4 is 23.2 Å². The minimum Gasteiger partial charge on any atom is -0.326 e. The zero-order valence-electron chi connectivity index (χ0n) is 16.7. The third-order valence-corrected chi connectivity index (χ3v) is 5.30. The zero-order valence-corrected chi connectivity index (χ0v) is 16.7. The van der Waals surface area contributed by atoms with Crippen molar-refractivity contribution in [3.8, 4) is 0 Å². The van der Waals surface area contributed by atoms with Crippen molar-refractivity contribution in [2.45, 2.75) is 26.7 Å². The zero-order chi connectivity index (χ0) is 19.9. The normalized spacial score (nSPS) is 17.1. The number of carbonyl (C=O) groups excluding carboxylic acids is 2. The Morgan fingerprint density at radius 2 is 1.82 bits per heavy atom. The van der Waals surface area contributed by atoms with E-state index in [0.717, 1.165) is 36.3 Å². The highest BCUT2D eigenvalue weighted by molar-refractivity contribution is 5.96. The largest absolute Gasteiger partial charge is 0.326 e. The van der Waals surface area contributed by atoms with E-state index in [0.29, 0.717) is 19.6 Å². The third-order valence-electron chi connectivity index (χ3n) is 5.30. The number of piperidine rings is 1. The van der Waals surface area contributed by atoms with Gasteiger partial charge in [-0.2, -0.15) is 0 Å². The number of nitrogens with zero attached hydrogens (tertiary/aromatic N) is 2. The number of likely N-dealkylation sites (tertiary alicyclic amines) is 1. The number of rotatable bonds is 6. The number of benzene rings is 2. The molecule has 1 aliphatic heterocycles. The Morgan fingerprint density at radius 3 is 2.54 bits per heavy atom. The fourth-order valence-corrected chi connectivity index (χ4v) is 3.80. The van der Waals surface area contributed by atoms with Gasteiger partial charge in [-0.15, -0.1) is 0 Å². The van der Waals surface area contributed by atoms with E-state index in [9.17, 15) is 9.59 Å². The number of likely N-dealkylation sites (N-methyl/N-ethyl adjacent to an activating group) is 1. The molecule has 0 aliphatic carbocycles. The molecule has 148 valence electrons. The number of nitrogens with one attached hydrogen (secondary N) is 1. The van der Waals surface area contributed by atoms with E-state index in [1.807, 2.05) is 73.3 Å². The SMILES string of the molecule is CCN(C(=O)CN1CCCC(C(=O)Nc2ccccc2)C1)c1ccccc1C. The summed E-state index contributed by atoms with van der Waals surface area (Å²) in [5, 5.41) is 2.99. The Morgan fingerprint density at radius 1 is 1.11 bits per heavy atom. The van der Waals surface area contributed by atoms with Gasteiger partial charge in [-0.1, -0.05) is 36.4 Å². The average Bonchev–Trinajstić information content (AvgIpc) is 2.71. The van der Waals surface area contributed by atoms with E-state index in [-0.39, 0.29) is 17.7 Å². The van der Waals surface area contributed by atoms with Gasteiger partial charge >= 0.3 is 0 Å². The van der Waals surface area contributed by atoms with Crippen LogP contribution >= 0.6 is 0 Å². The lowest BCUT2D eigenvalue weighted by molar-refractivity contribution is -0.124. The van der Waals surface area contributed by atoms with Crippen LogP contribution in [0.25, 0.3) is 0 Å². The lowest BCUT2D eigenvalue weighted by Gasteiger charge is -2.33. The molecule has 5 nitrogen and oxygen atoms in total. The monoisotopic (exact) mass is 379 g/mol. The smallest absolute Gasteiger partial charge is 0.241 e. The van der Waals surface area contributed by atoms with E-state index in [4.69, 9.17) is 0 Å². The molecule has 1 aliphatic rings. The van der Waals surface area contributed by atoms with Crippen LogP contribution in [0.1, 0.15) is 25.3 Å². The van der Waals surface area contributed by atoms with Gasteiger partial charge in [-0.3, -0.25) is 14.5 Å². The van der Waals surface area contributed by atoms with Crippen LogP contribution in [0.15, 0.2) is 54.6 Å². The molecule has 5 heteroatoms. The molecule has 28 heavy (non-hydrogen) atoms. The molecular weight excluding hydrogens is 350 g/mol. The molecule has 0 spiro atoms. The molecule has 0 radical (unpaired) electrons. The number of hydrogen-bond acceptors (Lipinski definition) is 3. The summed E-state index contributed by atoms with van der Waals surface area (Å²) < 4.78 is 0. The Balaban J connectivity index is 1.60. The number of aryl methyl sites for hydroxylation is 1. The van der Waals surface area contributed by atoms with Gasteiger partial charge < -0.3 is 10.2 Å². The van der Waals surface area contributed by atoms with E-state index in [1.54, 1.807) is 0 Å². The summed E-state index contributed by atoms with van der Waals surface area (Å²) in [6.45, 7) is 6.47. The molecule has 1 atom stereocenters. The number of anilines is 2. The molecule has 1 fully saturated rings. The second-order valence-electron chi connectivity index (χ2n) is 7.35. The lowest BCUT2D eigenvalue weighted by atomic mass is 9.97. The van der Waals surface area contributed by atoms with E-state index in [2.05, 4.69) is 10.2 Å². The molecule has 1 N–H and O–H groups in total. The predicted molar refractivity (Wildman–Crippen MR) is 113 cm³/mol. The van der Waals surface area contributed by atoms with Crippen LogP contribution in [0.5, 0.6) is 0 Å². The highest BCUT2D eigenvalue weighted by Crippen LogP contribution is 2.22. The van der Waals surface area contributed by atoms with Crippen LogP contribution < -0.4 is 10.2 Å². The highest BCUT2D eigenvalue weighted by atomic mass is 16.2. The topological polar surface area (TPSA) is 52.7 Å². The average molecular weight is 380 g/mol. The van der Waals surface area contributed by atoms with Gasteiger partial charge in [0.15, 0.2) is 0 Å². The first kappa shape index (κ1) is 20.1. The molecule has 0 saturated carbocycles. The summed E-state index contributed by atoms with van der Waals surface area (Å²) in [7, 11) is 0. The molecule has 3 rings (SSSR count). The molecule has 2 amide bonds. The Hall–Kier alpha value is -2.66. The Kier molecular flexibility index (Phi) is 6.82. The quantitative estimate of drug-likeness (QED) is 0.833. The van der Waals surface area contributed by atoms with Gasteiger partial charge in [0.25, 0.3) is 0 Å². The van der Waals surface area contributed by atoms with Gasteiger partial charge in [0.1, 0.15) is 0 Å². The summed E-state index contributed by atoms with van der Waals surface area (Å²) in [5.74, 6) is 0.0332. The summed E-state index contributed by atoms with van der Waals surface area (Å²) in [6.07, 6.45) is 1.79. The lowest BCUT2D eigenvalue weighted by Crippen LogP contribution is -2.46. The van der Waals surface area contributed by atoms with Crippen molar-refractivity contribution in [1.29, 1.82) is 0 Å². The third kappa shape index (κ3) is 4.98. The molecule has 2 aromatic carbocycles. The number of carbonyl (C=O) groups is 2. The summed E-state index contributed by atoms with van der Waals surface area (Å²) in [6, 6.07) is 17.5. The van der Waals surface area contributed by atoms with Crippen LogP contribution in [0.2, 0.25) is 0 Å². The summed E-state index contributed by atoms with van der Waals surface area (Å²) >= 11 is 0. The number of hydrogen-bond donors (Lipinski definition) is 1. The van der Waals surface area contributed by atoms with Crippen LogP contribution in [0.3, 0.4) is 0 Å². The fraction of sp³-hybridized carbons (Fsp3) is 0.391.